The molecule has 180 valence electrons. The van der Waals surface area contributed by atoms with Crippen molar-refractivity contribution in [1.29, 1.82) is 0 Å². The molecule has 0 bridgehead atoms. The van der Waals surface area contributed by atoms with Crippen LogP contribution in [0.3, 0.4) is 0 Å². The Morgan fingerprint density at radius 3 is 2.70 bits per heavy atom. The molecule has 0 amide bonds. The Morgan fingerprint density at radius 2 is 2.03 bits per heavy atom. The Labute approximate surface area is 205 Å². The van der Waals surface area contributed by atoms with E-state index in [4.69, 9.17) is 9.47 Å². The molecular formula is C23H34BBrN2O5Si. The molecule has 1 fully saturated rings. The zero-order valence-corrected chi connectivity index (χ0v) is 22.8. The van der Waals surface area contributed by atoms with Crippen molar-refractivity contribution < 1.29 is 24.1 Å². The second-order valence-electron chi connectivity index (χ2n) is 10.0. The van der Waals surface area contributed by atoms with Gasteiger partial charge in [-0.3, -0.25) is 9.59 Å². The van der Waals surface area contributed by atoms with Crippen LogP contribution >= 0.6 is 15.9 Å². The molecule has 0 radical (unpaired) electrons. The molecule has 2 heterocycles. The maximum atomic E-state index is 13.1. The Morgan fingerprint density at radius 1 is 1.30 bits per heavy atom. The van der Waals surface area contributed by atoms with Crippen molar-refractivity contribution in [1.82, 2.24) is 9.38 Å². The van der Waals surface area contributed by atoms with Gasteiger partial charge in [-0.25, -0.2) is 0 Å². The van der Waals surface area contributed by atoms with Gasteiger partial charge in [0, 0.05) is 36.3 Å². The lowest BCUT2D eigenvalue weighted by atomic mass is 9.84. The fourth-order valence-electron chi connectivity index (χ4n) is 4.27. The topological polar surface area (TPSA) is 81.0 Å². The van der Waals surface area contributed by atoms with E-state index in [9.17, 15) is 14.6 Å². The molecule has 0 unspecified atom stereocenters. The van der Waals surface area contributed by atoms with Crippen LogP contribution in [0.2, 0.25) is 32.5 Å². The summed E-state index contributed by atoms with van der Waals surface area (Å²) in [4.78, 5) is 27.4. The molecule has 0 spiro atoms. The summed E-state index contributed by atoms with van der Waals surface area (Å²) in [5.74, 6) is -0.722. The number of hydrogen-bond donors (Lipinski definition) is 1. The van der Waals surface area contributed by atoms with Crippen molar-refractivity contribution in [3.8, 4) is 0 Å². The molecule has 2 aromatic rings. The summed E-state index contributed by atoms with van der Waals surface area (Å²) in [7, 11) is -1.91. The van der Waals surface area contributed by atoms with Crippen molar-refractivity contribution in [2.75, 3.05) is 19.8 Å². The maximum absolute atomic E-state index is 13.1. The number of ether oxygens (including phenoxy) is 2. The summed E-state index contributed by atoms with van der Waals surface area (Å²) in [6.07, 6.45) is 3.43. The largest absolute Gasteiger partial charge is 0.456 e. The highest BCUT2D eigenvalue weighted by Gasteiger charge is 2.36. The number of esters is 1. The first-order chi connectivity index (χ1) is 15.5. The minimum atomic E-state index is -1.19. The van der Waals surface area contributed by atoms with Crippen LogP contribution in [-0.4, -0.2) is 67.1 Å². The predicted octanol–water partition coefficient (Wildman–Crippen LogP) is 4.33. The minimum Gasteiger partial charge on any atom is -0.456 e. The molecule has 0 aliphatic carbocycles. The first-order valence-electron chi connectivity index (χ1n) is 11.5. The van der Waals surface area contributed by atoms with E-state index in [0.717, 1.165) is 33.4 Å². The normalized spacial score (nSPS) is 17.0. The fourth-order valence-corrected chi connectivity index (χ4v) is 5.66. The Hall–Kier alpha value is -1.46. The number of aromatic nitrogens is 1. The van der Waals surface area contributed by atoms with Crippen LogP contribution in [0.1, 0.15) is 28.8 Å². The third-order valence-corrected chi connectivity index (χ3v) is 8.44. The summed E-state index contributed by atoms with van der Waals surface area (Å²) in [6.45, 7) is 11.9. The number of halogens is 1. The molecule has 1 N–H and O–H groups in total. The van der Waals surface area contributed by atoms with Crippen LogP contribution in [0.5, 0.6) is 0 Å². The molecule has 1 aliphatic rings. The number of rotatable bonds is 10. The van der Waals surface area contributed by atoms with Crippen molar-refractivity contribution >= 4 is 53.7 Å². The molecule has 1 saturated heterocycles. The lowest BCUT2D eigenvalue weighted by molar-refractivity contribution is -0.146. The van der Waals surface area contributed by atoms with E-state index in [1.54, 1.807) is 17.7 Å². The van der Waals surface area contributed by atoms with Gasteiger partial charge in [0.25, 0.3) is 0 Å². The monoisotopic (exact) mass is 536 g/mol. The SMILES string of the molecule is CB(O)N1CCC[C@H]1C(=O)OCC(=O)c1ccc(Br)c2c(C)cn(COCC[Si](C)(C)C)c12. The molecule has 3 rings (SSSR count). The van der Waals surface area contributed by atoms with Crippen LogP contribution in [0.4, 0.5) is 0 Å². The highest BCUT2D eigenvalue weighted by Crippen LogP contribution is 2.32. The molecule has 10 heteroatoms. The Kier molecular flexibility index (Phi) is 8.61. The number of ketones is 1. The van der Waals surface area contributed by atoms with Gasteiger partial charge in [0.05, 0.1) is 5.52 Å². The molecule has 1 atom stereocenters. The summed E-state index contributed by atoms with van der Waals surface area (Å²) in [5.41, 5.74) is 2.32. The molecule has 1 aromatic heterocycles. The zero-order chi connectivity index (χ0) is 24.3. The van der Waals surface area contributed by atoms with Crippen LogP contribution in [0.25, 0.3) is 10.9 Å². The van der Waals surface area contributed by atoms with Gasteiger partial charge in [-0.15, -0.1) is 0 Å². The quantitative estimate of drug-likeness (QED) is 0.211. The number of carbonyl (C=O) groups is 2. The Balaban J connectivity index is 1.75. The summed E-state index contributed by atoms with van der Waals surface area (Å²) in [5, 5.41) is 10.8. The van der Waals surface area contributed by atoms with Crippen molar-refractivity contribution in [3.05, 3.63) is 33.9 Å². The first kappa shape index (κ1) is 26.2. The highest BCUT2D eigenvalue weighted by molar-refractivity contribution is 9.10. The maximum Gasteiger partial charge on any atom is 0.377 e. The molecule has 1 aromatic carbocycles. The highest BCUT2D eigenvalue weighted by atomic mass is 79.9. The van der Waals surface area contributed by atoms with Crippen LogP contribution in [0.15, 0.2) is 22.8 Å². The number of hydrogen-bond acceptors (Lipinski definition) is 6. The third kappa shape index (κ3) is 6.36. The van der Waals surface area contributed by atoms with Crippen LogP contribution in [0, 0.1) is 6.92 Å². The van der Waals surface area contributed by atoms with Gasteiger partial charge in [0.1, 0.15) is 12.8 Å². The third-order valence-electron chi connectivity index (χ3n) is 6.08. The van der Waals surface area contributed by atoms with E-state index >= 15 is 0 Å². The number of Topliss-reactive ketones (excluding diaryl/α,β-unsaturated/α-hetero) is 1. The minimum absolute atomic E-state index is 0.260. The number of benzene rings is 1. The molecule has 7 nitrogen and oxygen atoms in total. The first-order valence-corrected chi connectivity index (χ1v) is 16.0. The van der Waals surface area contributed by atoms with Gasteiger partial charge in [0.15, 0.2) is 6.61 Å². The summed E-state index contributed by atoms with van der Waals surface area (Å²) in [6, 6.07) is 4.18. The van der Waals surface area contributed by atoms with E-state index in [1.165, 1.54) is 0 Å². The summed E-state index contributed by atoms with van der Waals surface area (Å²) < 4.78 is 14.2. The second kappa shape index (κ2) is 10.9. The van der Waals surface area contributed by atoms with Gasteiger partial charge in [-0.1, -0.05) is 35.6 Å². The van der Waals surface area contributed by atoms with Crippen molar-refractivity contribution in [2.45, 2.75) is 65.0 Å². The van der Waals surface area contributed by atoms with Crippen LogP contribution in [-0.2, 0) is 21.0 Å². The molecule has 33 heavy (non-hydrogen) atoms. The standard InChI is InChI=1S/C23H34BBrN2O5Si/c1-16-13-26(15-31-11-12-33(3,4)5)22-17(8-9-18(25)21(16)22)20(28)14-32-23(29)19-7-6-10-27(19)24(2)30/h8-9,13,19,30H,6-7,10-12,14-15H2,1-5H3/t19-/m0/s1. The van der Waals surface area contributed by atoms with Crippen molar-refractivity contribution in [2.24, 2.45) is 0 Å². The second-order valence-corrected chi connectivity index (χ2v) is 16.5. The van der Waals surface area contributed by atoms with Gasteiger partial charge < -0.3 is 23.9 Å². The number of aryl methyl sites for hydroxylation is 1. The summed E-state index contributed by atoms with van der Waals surface area (Å²) >= 11 is 3.60. The molecule has 1 aliphatic heterocycles. The van der Waals surface area contributed by atoms with Crippen molar-refractivity contribution in [3.63, 3.8) is 0 Å². The number of carbonyl (C=O) groups excluding carboxylic acids is 2. The van der Waals surface area contributed by atoms with E-state index in [1.807, 2.05) is 23.8 Å². The van der Waals surface area contributed by atoms with E-state index < -0.39 is 27.1 Å². The van der Waals surface area contributed by atoms with E-state index in [0.29, 0.717) is 31.9 Å². The fraction of sp³-hybridized carbons (Fsp3) is 0.565. The van der Waals surface area contributed by atoms with Crippen LogP contribution < -0.4 is 0 Å². The van der Waals surface area contributed by atoms with Gasteiger partial charge in [-0.2, -0.15) is 0 Å². The van der Waals surface area contributed by atoms with Gasteiger partial charge >= 0.3 is 13.0 Å². The molecular weight excluding hydrogens is 503 g/mol. The lowest BCUT2D eigenvalue weighted by Crippen LogP contribution is -2.45. The predicted molar refractivity (Wildman–Crippen MR) is 137 cm³/mol. The van der Waals surface area contributed by atoms with E-state index in [-0.39, 0.29) is 12.4 Å². The molecule has 0 saturated carbocycles. The Bertz CT molecular complexity index is 1020. The average Bonchev–Trinajstić information content (AvgIpc) is 3.35. The smallest absolute Gasteiger partial charge is 0.377 e. The average molecular weight is 537 g/mol. The van der Waals surface area contributed by atoms with E-state index in [2.05, 4.69) is 35.6 Å². The number of fused-ring (bicyclic) bond motifs is 1. The zero-order valence-electron chi connectivity index (χ0n) is 20.2. The number of nitrogens with zero attached hydrogens (tertiary/aromatic N) is 2. The van der Waals surface area contributed by atoms with Gasteiger partial charge in [-0.05, 0) is 56.9 Å². The van der Waals surface area contributed by atoms with Gasteiger partial charge in [0.2, 0.25) is 5.78 Å². The lowest BCUT2D eigenvalue weighted by Gasteiger charge is -2.23.